The van der Waals surface area contributed by atoms with Crippen molar-refractivity contribution in [2.45, 2.75) is 39.0 Å². The Morgan fingerprint density at radius 1 is 1.33 bits per heavy atom. The molecule has 0 saturated carbocycles. The van der Waals surface area contributed by atoms with Crippen LogP contribution < -0.4 is 0 Å². The summed E-state index contributed by atoms with van der Waals surface area (Å²) in [6.45, 7) is 2.17. The van der Waals surface area contributed by atoms with E-state index in [2.05, 4.69) is 30.9 Å². The van der Waals surface area contributed by atoms with Gasteiger partial charge in [-0.15, -0.1) is 0 Å². The molecule has 1 heteroatoms. The van der Waals surface area contributed by atoms with Crippen molar-refractivity contribution >= 4 is 0 Å². The van der Waals surface area contributed by atoms with E-state index in [1.807, 2.05) is 6.08 Å². The minimum Gasteiger partial charge on any atom is -0.198 e. The highest BCUT2D eigenvalue weighted by atomic mass is 14.2. The van der Waals surface area contributed by atoms with Gasteiger partial charge in [0.1, 0.15) is 0 Å². The van der Waals surface area contributed by atoms with Crippen LogP contribution in [0.1, 0.15) is 39.0 Å². The van der Waals surface area contributed by atoms with Gasteiger partial charge >= 0.3 is 0 Å². The topological polar surface area (TPSA) is 23.8 Å². The van der Waals surface area contributed by atoms with Gasteiger partial charge in [0, 0.05) is 12.8 Å². The Kier molecular flexibility index (Phi) is 8.80. The van der Waals surface area contributed by atoms with E-state index in [4.69, 9.17) is 5.26 Å². The van der Waals surface area contributed by atoms with Crippen molar-refractivity contribution in [3.8, 4) is 17.9 Å². The summed E-state index contributed by atoms with van der Waals surface area (Å²) in [6.07, 6.45) is 8.77. The molecule has 0 aromatic heterocycles. The summed E-state index contributed by atoms with van der Waals surface area (Å²) < 4.78 is 0. The Bertz CT molecular complexity index is 209. The second-order valence-electron chi connectivity index (χ2n) is 2.52. The Labute approximate surface area is 75.1 Å². The fraction of sp³-hybridized carbons (Fsp3) is 0.545. The van der Waals surface area contributed by atoms with Crippen LogP contribution in [0, 0.1) is 23.2 Å². The van der Waals surface area contributed by atoms with Gasteiger partial charge in [0.2, 0.25) is 0 Å². The maximum absolute atomic E-state index is 8.20. The molecule has 0 spiro atoms. The van der Waals surface area contributed by atoms with E-state index in [1.54, 1.807) is 0 Å². The third kappa shape index (κ3) is 8.79. The minimum absolute atomic E-state index is 0.538. The van der Waals surface area contributed by atoms with Crippen molar-refractivity contribution in [2.75, 3.05) is 0 Å². The number of nitrogens with zero attached hydrogens (tertiary/aromatic N) is 1. The SMILES string of the molecule is CCCC/C=C/C#CCCC#N. The lowest BCUT2D eigenvalue weighted by Gasteiger charge is -1.84. The lowest BCUT2D eigenvalue weighted by atomic mass is 10.2. The average Bonchev–Trinajstić information content (AvgIpc) is 2.10. The first-order valence-electron chi connectivity index (χ1n) is 4.42. The van der Waals surface area contributed by atoms with E-state index in [-0.39, 0.29) is 0 Å². The summed E-state index contributed by atoms with van der Waals surface area (Å²) in [6, 6.07) is 2.05. The summed E-state index contributed by atoms with van der Waals surface area (Å²) in [5.74, 6) is 5.80. The molecule has 0 rings (SSSR count). The number of unbranched alkanes of at least 4 members (excludes halogenated alkanes) is 3. The highest BCUT2D eigenvalue weighted by Gasteiger charge is 1.75. The standard InChI is InChI=1S/C11H15N/c1-2-3-4-5-6-7-8-9-10-11-12/h5-6H,2-4,9-10H2,1H3/b6-5+. The van der Waals surface area contributed by atoms with E-state index in [0.29, 0.717) is 12.8 Å². The normalized spacial score (nSPS) is 9.00. The zero-order valence-corrected chi connectivity index (χ0v) is 7.64. The molecular formula is C11H15N. The number of nitriles is 1. The maximum atomic E-state index is 8.20. The van der Waals surface area contributed by atoms with E-state index in [0.717, 1.165) is 6.42 Å². The molecule has 0 radical (unpaired) electrons. The Morgan fingerprint density at radius 2 is 2.17 bits per heavy atom. The second kappa shape index (κ2) is 9.79. The lowest BCUT2D eigenvalue weighted by Crippen LogP contribution is -1.66. The van der Waals surface area contributed by atoms with E-state index in [9.17, 15) is 0 Å². The zero-order chi connectivity index (χ0) is 9.07. The zero-order valence-electron chi connectivity index (χ0n) is 7.64. The predicted molar refractivity (Wildman–Crippen MR) is 51.3 cm³/mol. The van der Waals surface area contributed by atoms with Crippen LogP contribution >= 0.6 is 0 Å². The van der Waals surface area contributed by atoms with Crippen LogP contribution in [0.3, 0.4) is 0 Å². The summed E-state index contributed by atoms with van der Waals surface area (Å²) in [7, 11) is 0. The summed E-state index contributed by atoms with van der Waals surface area (Å²) in [5, 5.41) is 8.20. The van der Waals surface area contributed by atoms with Gasteiger partial charge in [-0.25, -0.2) is 0 Å². The first-order valence-corrected chi connectivity index (χ1v) is 4.42. The van der Waals surface area contributed by atoms with Crippen LogP contribution in [0.15, 0.2) is 12.2 Å². The highest BCUT2D eigenvalue weighted by molar-refractivity contribution is 5.15. The third-order valence-corrected chi connectivity index (χ3v) is 1.39. The van der Waals surface area contributed by atoms with E-state index < -0.39 is 0 Å². The van der Waals surface area contributed by atoms with Crippen LogP contribution in [-0.4, -0.2) is 0 Å². The molecule has 0 aliphatic heterocycles. The number of hydrogen-bond donors (Lipinski definition) is 0. The Hall–Kier alpha value is -1.21. The van der Waals surface area contributed by atoms with Crippen molar-refractivity contribution in [1.82, 2.24) is 0 Å². The van der Waals surface area contributed by atoms with Crippen molar-refractivity contribution in [2.24, 2.45) is 0 Å². The quantitative estimate of drug-likeness (QED) is 0.459. The largest absolute Gasteiger partial charge is 0.198 e. The fourth-order valence-electron chi connectivity index (χ4n) is 0.714. The monoisotopic (exact) mass is 161 g/mol. The summed E-state index contributed by atoms with van der Waals surface area (Å²) in [4.78, 5) is 0. The van der Waals surface area contributed by atoms with Crippen LogP contribution in [0.2, 0.25) is 0 Å². The first-order chi connectivity index (χ1) is 5.91. The molecule has 0 aromatic carbocycles. The van der Waals surface area contributed by atoms with Gasteiger partial charge in [0.05, 0.1) is 6.07 Å². The van der Waals surface area contributed by atoms with Gasteiger partial charge < -0.3 is 0 Å². The number of hydrogen-bond acceptors (Lipinski definition) is 1. The molecule has 12 heavy (non-hydrogen) atoms. The van der Waals surface area contributed by atoms with Crippen LogP contribution in [0.4, 0.5) is 0 Å². The van der Waals surface area contributed by atoms with Gasteiger partial charge in [-0.3, -0.25) is 0 Å². The van der Waals surface area contributed by atoms with Crippen molar-refractivity contribution in [3.05, 3.63) is 12.2 Å². The molecule has 0 atom stereocenters. The average molecular weight is 161 g/mol. The van der Waals surface area contributed by atoms with E-state index >= 15 is 0 Å². The van der Waals surface area contributed by atoms with Gasteiger partial charge in [-0.2, -0.15) is 5.26 Å². The molecule has 0 bridgehead atoms. The molecule has 0 fully saturated rings. The molecular weight excluding hydrogens is 146 g/mol. The molecule has 64 valence electrons. The second-order valence-corrected chi connectivity index (χ2v) is 2.52. The first kappa shape index (κ1) is 10.8. The molecule has 0 N–H and O–H groups in total. The molecule has 0 aliphatic rings. The van der Waals surface area contributed by atoms with Crippen molar-refractivity contribution in [1.29, 1.82) is 5.26 Å². The minimum atomic E-state index is 0.538. The third-order valence-electron chi connectivity index (χ3n) is 1.39. The predicted octanol–water partition coefficient (Wildman–Crippen LogP) is 3.04. The van der Waals surface area contributed by atoms with Gasteiger partial charge in [0.15, 0.2) is 0 Å². The highest BCUT2D eigenvalue weighted by Crippen LogP contribution is 1.93. The van der Waals surface area contributed by atoms with Gasteiger partial charge in [0.25, 0.3) is 0 Å². The maximum Gasteiger partial charge on any atom is 0.0631 e. The van der Waals surface area contributed by atoms with Crippen LogP contribution in [-0.2, 0) is 0 Å². The number of rotatable bonds is 4. The number of allylic oxidation sites excluding steroid dienone is 2. The van der Waals surface area contributed by atoms with Crippen molar-refractivity contribution < 1.29 is 0 Å². The molecule has 1 nitrogen and oxygen atoms in total. The van der Waals surface area contributed by atoms with E-state index in [1.165, 1.54) is 12.8 Å². The molecule has 0 heterocycles. The summed E-state index contributed by atoms with van der Waals surface area (Å²) in [5.41, 5.74) is 0. The van der Waals surface area contributed by atoms with Gasteiger partial charge in [-0.1, -0.05) is 37.7 Å². The molecule has 0 aromatic rings. The van der Waals surface area contributed by atoms with Crippen LogP contribution in [0.25, 0.3) is 0 Å². The Morgan fingerprint density at radius 3 is 2.83 bits per heavy atom. The molecule has 0 amide bonds. The Balaban J connectivity index is 3.31. The molecule has 0 saturated heterocycles. The lowest BCUT2D eigenvalue weighted by molar-refractivity contribution is 0.815. The smallest absolute Gasteiger partial charge is 0.0631 e. The van der Waals surface area contributed by atoms with Gasteiger partial charge in [-0.05, 0) is 12.5 Å². The molecule has 0 unspecified atom stereocenters. The molecule has 0 aliphatic carbocycles. The fourth-order valence-corrected chi connectivity index (χ4v) is 0.714. The summed E-state index contributed by atoms with van der Waals surface area (Å²) >= 11 is 0. The van der Waals surface area contributed by atoms with Crippen molar-refractivity contribution in [3.63, 3.8) is 0 Å². The van der Waals surface area contributed by atoms with Crippen LogP contribution in [0.5, 0.6) is 0 Å².